The predicted octanol–water partition coefficient (Wildman–Crippen LogP) is 2.86. The highest BCUT2D eigenvalue weighted by Crippen LogP contribution is 2.30. The Hall–Kier alpha value is -5.44. The second-order valence-electron chi connectivity index (χ2n) is 9.19. The number of amides is 3. The molecule has 2 aromatic heterocycles. The summed E-state index contributed by atoms with van der Waals surface area (Å²) < 4.78 is 38.6. The van der Waals surface area contributed by atoms with Crippen molar-refractivity contribution in [1.29, 1.82) is 10.5 Å². The Kier molecular flexibility index (Phi) is 8.19. The van der Waals surface area contributed by atoms with Crippen LogP contribution in [0.4, 0.5) is 23.7 Å². The van der Waals surface area contributed by atoms with Crippen LogP contribution >= 0.6 is 0 Å². The van der Waals surface area contributed by atoms with Crippen LogP contribution in [0.3, 0.4) is 0 Å². The first-order valence-electron chi connectivity index (χ1n) is 12.1. The van der Waals surface area contributed by atoms with E-state index in [1.54, 1.807) is 40.3 Å². The molecule has 1 aliphatic heterocycles. The topological polar surface area (TPSA) is 178 Å². The zero-order chi connectivity index (χ0) is 29.6. The lowest BCUT2D eigenvalue weighted by Gasteiger charge is -2.46. The van der Waals surface area contributed by atoms with Gasteiger partial charge in [0.15, 0.2) is 5.65 Å². The van der Waals surface area contributed by atoms with Gasteiger partial charge >= 0.3 is 12.2 Å². The fraction of sp³-hybridized carbons (Fsp3) is 0.269. The van der Waals surface area contributed by atoms with Gasteiger partial charge in [-0.3, -0.25) is 9.79 Å². The van der Waals surface area contributed by atoms with Gasteiger partial charge in [-0.2, -0.15) is 28.8 Å². The quantitative estimate of drug-likeness (QED) is 0.352. The number of rotatable bonds is 8. The normalized spacial score (nSPS) is 14.8. The first kappa shape index (κ1) is 28.6. The van der Waals surface area contributed by atoms with E-state index in [1.165, 1.54) is 29.6 Å². The molecule has 4 rings (SSSR count). The number of fused-ring (bicyclic) bond motifs is 1. The summed E-state index contributed by atoms with van der Waals surface area (Å²) in [6.07, 6.45) is 1.25. The lowest BCUT2D eigenvalue weighted by molar-refractivity contribution is -0.137. The van der Waals surface area contributed by atoms with Gasteiger partial charge in [0, 0.05) is 47.9 Å². The number of hydrogen-bond donors (Lipinski definition) is 3. The van der Waals surface area contributed by atoms with Crippen LogP contribution in [0.15, 0.2) is 53.9 Å². The molecular weight excluding hydrogens is 541 g/mol. The minimum absolute atomic E-state index is 0.0799. The maximum atomic E-state index is 12.4. The number of aliphatic imine (C=N–C) groups is 1. The van der Waals surface area contributed by atoms with Crippen LogP contribution in [0.2, 0.25) is 0 Å². The van der Waals surface area contributed by atoms with Crippen molar-refractivity contribution in [2.45, 2.75) is 24.6 Å². The summed E-state index contributed by atoms with van der Waals surface area (Å²) in [5.74, 6) is -0.318. The number of alkyl halides is 3. The number of carbonyl (C=O) groups is 2. The SMILES string of the molecule is N#CCC(=O)N1CC(CC#N)(N=CC(=CN)c2cnn3c(-c4cccc(NC(=O)NCC(F)(F)F)c4)cnc3c2)C1. The van der Waals surface area contributed by atoms with Crippen molar-refractivity contribution in [1.82, 2.24) is 24.8 Å². The van der Waals surface area contributed by atoms with Gasteiger partial charge < -0.3 is 21.3 Å². The Morgan fingerprint density at radius 3 is 2.66 bits per heavy atom. The van der Waals surface area contributed by atoms with E-state index in [1.807, 2.05) is 6.07 Å². The number of nitriles is 2. The molecule has 15 heteroatoms. The van der Waals surface area contributed by atoms with E-state index in [9.17, 15) is 28.0 Å². The molecule has 3 heterocycles. The fourth-order valence-corrected chi connectivity index (χ4v) is 4.17. The first-order chi connectivity index (χ1) is 19.6. The second-order valence-corrected chi connectivity index (χ2v) is 9.19. The average molecular weight is 565 g/mol. The summed E-state index contributed by atoms with van der Waals surface area (Å²) in [4.78, 5) is 34.2. The lowest BCUT2D eigenvalue weighted by atomic mass is 9.87. The highest BCUT2D eigenvalue weighted by Gasteiger charge is 2.44. The minimum Gasteiger partial charge on any atom is -0.404 e. The van der Waals surface area contributed by atoms with Crippen molar-refractivity contribution in [3.05, 3.63) is 54.5 Å². The standard InChI is InChI=1S/C26H23F3N10O2/c27-26(28,29)14-34-24(41)37-20-3-1-2-17(8-20)21-13-33-22-9-18(12-36-39(21)22)19(10-32)11-35-25(5-7-31)15-38(16-25)23(40)4-6-30/h1-3,8-13H,4-5,14-16,32H2,(H2,34,37,41). The molecule has 0 spiro atoms. The van der Waals surface area contributed by atoms with E-state index >= 15 is 0 Å². The Morgan fingerprint density at radius 1 is 1.20 bits per heavy atom. The van der Waals surface area contributed by atoms with E-state index in [-0.39, 0.29) is 37.5 Å². The number of allylic oxidation sites excluding steroid dienone is 1. The lowest BCUT2D eigenvalue weighted by Crippen LogP contribution is -2.62. The highest BCUT2D eigenvalue weighted by molar-refractivity contribution is 6.10. The van der Waals surface area contributed by atoms with Crippen LogP contribution in [0.1, 0.15) is 18.4 Å². The van der Waals surface area contributed by atoms with Gasteiger partial charge in [0.25, 0.3) is 0 Å². The Morgan fingerprint density at radius 2 is 1.98 bits per heavy atom. The fourth-order valence-electron chi connectivity index (χ4n) is 4.17. The molecule has 0 atom stereocenters. The third kappa shape index (κ3) is 6.77. The molecule has 0 aliphatic carbocycles. The van der Waals surface area contributed by atoms with Gasteiger partial charge in [-0.05, 0) is 18.2 Å². The number of hydrogen-bond acceptors (Lipinski definition) is 8. The summed E-state index contributed by atoms with van der Waals surface area (Å²) in [5, 5.41) is 26.5. The summed E-state index contributed by atoms with van der Waals surface area (Å²) in [6.45, 7) is -1.02. The summed E-state index contributed by atoms with van der Waals surface area (Å²) in [6, 6.07) is 11.1. The van der Waals surface area contributed by atoms with Crippen molar-refractivity contribution < 1.29 is 22.8 Å². The third-order valence-electron chi connectivity index (χ3n) is 6.18. The number of carbonyl (C=O) groups excluding carboxylic acids is 2. The molecule has 0 bridgehead atoms. The number of likely N-dealkylation sites (tertiary alicyclic amines) is 1. The van der Waals surface area contributed by atoms with Crippen molar-refractivity contribution in [3.63, 3.8) is 0 Å². The van der Waals surface area contributed by atoms with E-state index in [0.717, 1.165) is 0 Å². The van der Waals surface area contributed by atoms with E-state index < -0.39 is 24.3 Å². The third-order valence-corrected chi connectivity index (χ3v) is 6.18. The van der Waals surface area contributed by atoms with Gasteiger partial charge in [-0.15, -0.1) is 0 Å². The summed E-state index contributed by atoms with van der Waals surface area (Å²) in [5.41, 5.74) is 8.02. The van der Waals surface area contributed by atoms with Gasteiger partial charge in [-0.25, -0.2) is 14.3 Å². The molecule has 1 saturated heterocycles. The van der Waals surface area contributed by atoms with Crippen LogP contribution in [-0.2, 0) is 4.79 Å². The monoisotopic (exact) mass is 564 g/mol. The van der Waals surface area contributed by atoms with E-state index in [0.29, 0.717) is 28.0 Å². The Bertz CT molecular complexity index is 1610. The predicted molar refractivity (Wildman–Crippen MR) is 142 cm³/mol. The molecule has 0 unspecified atom stereocenters. The second kappa shape index (κ2) is 11.7. The molecule has 1 aliphatic rings. The molecule has 3 amide bonds. The number of benzene rings is 1. The first-order valence-corrected chi connectivity index (χ1v) is 12.1. The molecule has 1 aromatic carbocycles. The van der Waals surface area contributed by atoms with Gasteiger partial charge in [0.05, 0.1) is 36.6 Å². The number of imidazole rings is 1. The molecule has 1 fully saturated rings. The number of nitrogens with one attached hydrogen (secondary N) is 2. The zero-order valence-corrected chi connectivity index (χ0v) is 21.4. The maximum absolute atomic E-state index is 12.4. The van der Waals surface area contributed by atoms with Crippen molar-refractivity contribution in [2.24, 2.45) is 10.7 Å². The molecule has 41 heavy (non-hydrogen) atoms. The summed E-state index contributed by atoms with van der Waals surface area (Å²) in [7, 11) is 0. The van der Waals surface area contributed by atoms with Crippen LogP contribution in [0.5, 0.6) is 0 Å². The molecule has 3 aromatic rings. The smallest absolute Gasteiger partial charge is 0.404 e. The number of aromatic nitrogens is 3. The number of nitrogens with two attached hydrogens (primary N) is 1. The summed E-state index contributed by atoms with van der Waals surface area (Å²) >= 11 is 0. The van der Waals surface area contributed by atoms with Gasteiger partial charge in [-0.1, -0.05) is 12.1 Å². The number of halogens is 3. The Balaban J connectivity index is 1.50. The number of anilines is 1. The largest absolute Gasteiger partial charge is 0.405 e. The van der Waals surface area contributed by atoms with E-state index in [2.05, 4.69) is 26.5 Å². The van der Waals surface area contributed by atoms with Crippen molar-refractivity contribution >= 4 is 35.1 Å². The molecule has 0 saturated carbocycles. The molecule has 210 valence electrons. The van der Waals surface area contributed by atoms with Crippen LogP contribution in [0, 0.1) is 22.7 Å². The number of nitrogens with zero attached hydrogens (tertiary/aromatic N) is 7. The molecule has 12 nitrogen and oxygen atoms in total. The van der Waals surface area contributed by atoms with Gasteiger partial charge in [0.1, 0.15) is 18.5 Å². The zero-order valence-electron chi connectivity index (χ0n) is 21.4. The highest BCUT2D eigenvalue weighted by atomic mass is 19.4. The molecule has 0 radical (unpaired) electrons. The van der Waals surface area contributed by atoms with Crippen LogP contribution < -0.4 is 16.4 Å². The molecule has 4 N–H and O–H groups in total. The Labute approximate surface area is 231 Å². The van der Waals surface area contributed by atoms with Crippen molar-refractivity contribution in [2.75, 3.05) is 25.0 Å². The minimum atomic E-state index is -4.53. The van der Waals surface area contributed by atoms with Crippen LogP contribution in [-0.4, -0.2) is 69.0 Å². The van der Waals surface area contributed by atoms with Gasteiger partial charge in [0.2, 0.25) is 5.91 Å². The number of urea groups is 1. The van der Waals surface area contributed by atoms with Crippen LogP contribution in [0.25, 0.3) is 22.5 Å². The average Bonchev–Trinajstić information content (AvgIpc) is 3.34. The maximum Gasteiger partial charge on any atom is 0.405 e. The van der Waals surface area contributed by atoms with Crippen molar-refractivity contribution in [3.8, 4) is 23.4 Å². The van der Waals surface area contributed by atoms with E-state index in [4.69, 9.17) is 11.0 Å². The molecular formula is C26H23F3N10O2.